The third-order valence-corrected chi connectivity index (χ3v) is 5.50. The molecule has 0 radical (unpaired) electrons. The van der Waals surface area contributed by atoms with Gasteiger partial charge >= 0.3 is 0 Å². The topological polar surface area (TPSA) is 87.2 Å². The lowest BCUT2D eigenvalue weighted by molar-refractivity contribution is 0.0949. The number of benzene rings is 1. The van der Waals surface area contributed by atoms with Gasteiger partial charge in [0.15, 0.2) is 0 Å². The van der Waals surface area contributed by atoms with Crippen molar-refractivity contribution in [3.05, 3.63) is 83.8 Å². The Kier molecular flexibility index (Phi) is 7.07. The normalized spacial score (nSPS) is 13.8. The van der Waals surface area contributed by atoms with Gasteiger partial charge in [-0.2, -0.15) is 0 Å². The summed E-state index contributed by atoms with van der Waals surface area (Å²) in [6.07, 6.45) is 9.93. The van der Waals surface area contributed by atoms with Gasteiger partial charge in [-0.05, 0) is 54.8 Å². The quantitative estimate of drug-likeness (QED) is 0.618. The third kappa shape index (κ3) is 5.69. The number of hydrogen-bond acceptors (Lipinski definition) is 5. The summed E-state index contributed by atoms with van der Waals surface area (Å²) in [5.41, 5.74) is 2.43. The molecule has 7 nitrogen and oxygen atoms in total. The Bertz CT molecular complexity index is 1050. The van der Waals surface area contributed by atoms with Crippen LogP contribution in [0.3, 0.4) is 0 Å². The van der Waals surface area contributed by atoms with Gasteiger partial charge in [-0.25, -0.2) is 4.98 Å². The maximum Gasteiger partial charge on any atom is 0.257 e. The molecule has 164 valence electrons. The summed E-state index contributed by atoms with van der Waals surface area (Å²) in [5.74, 6) is 0.518. The minimum absolute atomic E-state index is 0.209. The molecule has 0 unspecified atom stereocenters. The molecular formula is C25H27N5O2. The number of carbonyl (C=O) groups excluding carboxylic acids is 2. The molecule has 2 N–H and O–H groups in total. The summed E-state index contributed by atoms with van der Waals surface area (Å²) in [4.78, 5) is 35.8. The predicted octanol–water partition coefficient (Wildman–Crippen LogP) is 4.04. The highest BCUT2D eigenvalue weighted by atomic mass is 16.2. The molecule has 4 rings (SSSR count). The Morgan fingerprint density at radius 2 is 1.69 bits per heavy atom. The molecule has 0 saturated carbocycles. The second-order valence-electron chi connectivity index (χ2n) is 7.89. The van der Waals surface area contributed by atoms with Crippen molar-refractivity contribution < 1.29 is 9.59 Å². The van der Waals surface area contributed by atoms with Gasteiger partial charge < -0.3 is 15.5 Å². The van der Waals surface area contributed by atoms with Crippen molar-refractivity contribution in [2.75, 3.05) is 23.3 Å². The van der Waals surface area contributed by atoms with Crippen molar-refractivity contribution in [3.8, 4) is 0 Å². The van der Waals surface area contributed by atoms with Crippen LogP contribution in [0.1, 0.15) is 52.0 Å². The van der Waals surface area contributed by atoms with E-state index in [1.165, 1.54) is 31.9 Å². The lowest BCUT2D eigenvalue weighted by Gasteiger charge is -2.21. The first-order valence-electron chi connectivity index (χ1n) is 11.0. The van der Waals surface area contributed by atoms with Gasteiger partial charge in [0, 0.05) is 49.5 Å². The lowest BCUT2D eigenvalue weighted by Crippen LogP contribution is -2.25. The Labute approximate surface area is 187 Å². The van der Waals surface area contributed by atoms with E-state index in [-0.39, 0.29) is 11.8 Å². The largest absolute Gasteiger partial charge is 0.357 e. The zero-order valence-corrected chi connectivity index (χ0v) is 18.0. The first kappa shape index (κ1) is 21.5. The smallest absolute Gasteiger partial charge is 0.257 e. The fourth-order valence-electron chi connectivity index (χ4n) is 3.73. The van der Waals surface area contributed by atoms with E-state index in [4.69, 9.17) is 0 Å². The van der Waals surface area contributed by atoms with E-state index in [2.05, 4.69) is 25.5 Å². The number of anilines is 2. The summed E-state index contributed by atoms with van der Waals surface area (Å²) in [5, 5.41) is 5.72. The summed E-state index contributed by atoms with van der Waals surface area (Å²) >= 11 is 0. The Morgan fingerprint density at radius 1 is 0.875 bits per heavy atom. The van der Waals surface area contributed by atoms with Crippen molar-refractivity contribution in [1.29, 1.82) is 0 Å². The highest BCUT2D eigenvalue weighted by Crippen LogP contribution is 2.18. The average Bonchev–Trinajstić information content (AvgIpc) is 3.13. The van der Waals surface area contributed by atoms with Crippen LogP contribution >= 0.6 is 0 Å². The molecule has 0 spiro atoms. The van der Waals surface area contributed by atoms with Crippen LogP contribution in [-0.2, 0) is 6.54 Å². The fourth-order valence-corrected chi connectivity index (χ4v) is 3.73. The van der Waals surface area contributed by atoms with Crippen molar-refractivity contribution in [3.63, 3.8) is 0 Å². The monoisotopic (exact) mass is 429 g/mol. The number of amides is 2. The van der Waals surface area contributed by atoms with Crippen molar-refractivity contribution in [2.24, 2.45) is 0 Å². The van der Waals surface area contributed by atoms with E-state index in [9.17, 15) is 9.59 Å². The highest BCUT2D eigenvalue weighted by molar-refractivity contribution is 6.04. The van der Waals surface area contributed by atoms with Crippen molar-refractivity contribution in [2.45, 2.75) is 32.2 Å². The Morgan fingerprint density at radius 3 is 2.41 bits per heavy atom. The Hall–Kier alpha value is -3.74. The van der Waals surface area contributed by atoms with E-state index < -0.39 is 0 Å². The second kappa shape index (κ2) is 10.5. The lowest BCUT2D eigenvalue weighted by atomic mass is 10.1. The number of aromatic nitrogens is 2. The summed E-state index contributed by atoms with van der Waals surface area (Å²) in [6, 6.07) is 14.3. The van der Waals surface area contributed by atoms with Crippen LogP contribution in [0.4, 0.5) is 11.5 Å². The maximum atomic E-state index is 12.6. The van der Waals surface area contributed by atoms with Crippen molar-refractivity contribution in [1.82, 2.24) is 15.3 Å². The van der Waals surface area contributed by atoms with Gasteiger partial charge in [-0.15, -0.1) is 0 Å². The molecular weight excluding hydrogens is 402 g/mol. The van der Waals surface area contributed by atoms with Crippen LogP contribution in [-0.4, -0.2) is 34.9 Å². The summed E-state index contributed by atoms with van der Waals surface area (Å²) in [7, 11) is 0. The SMILES string of the molecule is O=C(NCc1ccc(N2CCCCCC2)nc1)c1cccc(NC(=O)c2cccnc2)c1. The minimum Gasteiger partial charge on any atom is -0.357 e. The maximum absolute atomic E-state index is 12.6. The second-order valence-corrected chi connectivity index (χ2v) is 7.89. The van der Waals surface area contributed by atoms with Crippen LogP contribution in [0.5, 0.6) is 0 Å². The van der Waals surface area contributed by atoms with Gasteiger partial charge in [0.25, 0.3) is 11.8 Å². The molecule has 1 aromatic carbocycles. The standard InChI is InChI=1S/C25H27N5O2/c31-24(20-7-5-9-22(15-20)29-25(32)21-8-6-12-26-18-21)28-17-19-10-11-23(27-16-19)30-13-3-1-2-4-14-30/h5-12,15-16,18H,1-4,13-14,17H2,(H,28,31)(H,29,32). The molecule has 0 atom stereocenters. The molecule has 1 saturated heterocycles. The molecule has 1 fully saturated rings. The molecule has 1 aliphatic heterocycles. The summed E-state index contributed by atoms with van der Waals surface area (Å²) < 4.78 is 0. The van der Waals surface area contributed by atoms with Gasteiger partial charge in [0.2, 0.25) is 0 Å². The minimum atomic E-state index is -0.272. The zero-order valence-electron chi connectivity index (χ0n) is 18.0. The predicted molar refractivity (Wildman–Crippen MR) is 125 cm³/mol. The number of rotatable bonds is 6. The van der Waals surface area contributed by atoms with Crippen molar-refractivity contribution >= 4 is 23.3 Å². The van der Waals surface area contributed by atoms with E-state index >= 15 is 0 Å². The Balaban J connectivity index is 1.33. The first-order chi connectivity index (χ1) is 15.7. The molecule has 32 heavy (non-hydrogen) atoms. The number of nitrogens with zero attached hydrogens (tertiary/aromatic N) is 3. The highest BCUT2D eigenvalue weighted by Gasteiger charge is 2.12. The van der Waals surface area contributed by atoms with Crippen LogP contribution in [0.25, 0.3) is 0 Å². The third-order valence-electron chi connectivity index (χ3n) is 5.50. The molecule has 1 aliphatic rings. The molecule has 2 amide bonds. The number of pyridine rings is 2. The van der Waals surface area contributed by atoms with E-state index in [0.29, 0.717) is 23.4 Å². The number of carbonyl (C=O) groups is 2. The van der Waals surface area contributed by atoms with Crippen LogP contribution in [0.15, 0.2) is 67.1 Å². The van der Waals surface area contributed by atoms with E-state index in [1.807, 2.05) is 18.3 Å². The zero-order chi connectivity index (χ0) is 22.2. The first-order valence-corrected chi connectivity index (χ1v) is 11.0. The van der Waals surface area contributed by atoms with Crippen LogP contribution in [0, 0.1) is 0 Å². The molecule has 7 heteroatoms. The molecule has 3 aromatic rings. The number of hydrogen-bond donors (Lipinski definition) is 2. The van der Waals surface area contributed by atoms with Crippen LogP contribution < -0.4 is 15.5 Å². The van der Waals surface area contributed by atoms with Gasteiger partial charge in [-0.1, -0.05) is 25.0 Å². The van der Waals surface area contributed by atoms with Gasteiger partial charge in [0.05, 0.1) is 5.56 Å². The van der Waals surface area contributed by atoms with Gasteiger partial charge in [0.1, 0.15) is 5.82 Å². The molecule has 0 bridgehead atoms. The average molecular weight is 430 g/mol. The van der Waals surface area contributed by atoms with E-state index in [1.54, 1.807) is 42.6 Å². The number of nitrogens with one attached hydrogen (secondary N) is 2. The van der Waals surface area contributed by atoms with E-state index in [0.717, 1.165) is 24.5 Å². The van der Waals surface area contributed by atoms with Crippen LogP contribution in [0.2, 0.25) is 0 Å². The molecule has 0 aliphatic carbocycles. The molecule has 3 heterocycles. The van der Waals surface area contributed by atoms with Gasteiger partial charge in [-0.3, -0.25) is 14.6 Å². The fraction of sp³-hybridized carbons (Fsp3) is 0.280. The molecule has 2 aromatic heterocycles. The summed E-state index contributed by atoms with van der Waals surface area (Å²) in [6.45, 7) is 2.49.